The highest BCUT2D eigenvalue weighted by Gasteiger charge is 2.04. The fraction of sp³-hybridized carbons (Fsp3) is 0.750. The van der Waals surface area contributed by atoms with Crippen LogP contribution >= 0.6 is 0 Å². The number of hydrogen-bond acceptors (Lipinski definition) is 2. The second-order valence-electron chi connectivity index (χ2n) is 1.66. The number of carboxylic acids is 1. The van der Waals surface area contributed by atoms with Gasteiger partial charge in [-0.2, -0.15) is 0 Å². The Morgan fingerprint density at radius 3 is 2.38 bits per heavy atom. The van der Waals surface area contributed by atoms with E-state index < -0.39 is 12.0 Å². The van der Waals surface area contributed by atoms with E-state index in [4.69, 9.17) is 0 Å². The van der Waals surface area contributed by atoms with Crippen molar-refractivity contribution in [2.45, 2.75) is 12.5 Å². The van der Waals surface area contributed by atoms with Crippen molar-refractivity contribution in [3.63, 3.8) is 0 Å². The van der Waals surface area contributed by atoms with Crippen molar-refractivity contribution in [2.75, 3.05) is 6.54 Å². The molecule has 0 aromatic rings. The van der Waals surface area contributed by atoms with Gasteiger partial charge in [-0.15, -0.1) is 0 Å². The molecule has 0 amide bonds. The predicted molar refractivity (Wildman–Crippen MR) is 24.1 cm³/mol. The third-order valence-electron chi connectivity index (χ3n) is 0.886. The van der Waals surface area contributed by atoms with Crippen molar-refractivity contribution in [1.29, 1.82) is 0 Å². The highest BCUT2D eigenvalue weighted by atomic mass is 16.4. The monoisotopic (exact) mass is 119 g/mol. The van der Waals surface area contributed by atoms with Gasteiger partial charge in [0, 0.05) is 0 Å². The van der Waals surface area contributed by atoms with Gasteiger partial charge in [0.1, 0.15) is 6.04 Å². The predicted octanol–water partition coefficient (Wildman–Crippen LogP) is -4.02. The summed E-state index contributed by atoms with van der Waals surface area (Å²) in [7, 11) is 0. The first-order chi connectivity index (χ1) is 3.68. The number of hydrogen-bond donors (Lipinski definition) is 2. The minimum absolute atomic E-state index is 0.502. The lowest BCUT2D eigenvalue weighted by atomic mass is 10.2. The van der Waals surface area contributed by atoms with E-state index in [2.05, 4.69) is 11.5 Å². The van der Waals surface area contributed by atoms with Crippen LogP contribution in [0.15, 0.2) is 0 Å². The lowest BCUT2D eigenvalue weighted by molar-refractivity contribution is -0.453. The SMILES string of the molecule is [NH3+]CC[C@H]([NH3+])C(=O)[O-]. The van der Waals surface area contributed by atoms with Gasteiger partial charge in [-0.25, -0.2) is 0 Å². The molecule has 0 saturated heterocycles. The molecular weight excluding hydrogens is 108 g/mol. The number of carbonyl (C=O) groups is 1. The average Bonchev–Trinajstić information content (AvgIpc) is 1.67. The van der Waals surface area contributed by atoms with Crippen LogP contribution in [0, 0.1) is 0 Å². The second kappa shape index (κ2) is 3.40. The van der Waals surface area contributed by atoms with E-state index in [0.717, 1.165) is 0 Å². The minimum Gasteiger partial charge on any atom is -0.544 e. The van der Waals surface area contributed by atoms with Gasteiger partial charge in [-0.1, -0.05) is 0 Å². The topological polar surface area (TPSA) is 95.4 Å². The molecule has 48 valence electrons. The molecule has 0 aromatic carbocycles. The summed E-state index contributed by atoms with van der Waals surface area (Å²) in [6.45, 7) is 0.599. The van der Waals surface area contributed by atoms with Crippen LogP contribution in [-0.2, 0) is 4.79 Å². The number of rotatable bonds is 3. The first kappa shape index (κ1) is 7.39. The number of quaternary nitrogens is 2. The molecule has 0 aromatic heterocycles. The number of carboxylic acid groups (broad SMARTS) is 1. The van der Waals surface area contributed by atoms with E-state index in [-0.39, 0.29) is 0 Å². The summed E-state index contributed by atoms with van der Waals surface area (Å²) in [6, 6.07) is -0.590. The third-order valence-corrected chi connectivity index (χ3v) is 0.886. The lowest BCUT2D eigenvalue weighted by Gasteiger charge is -2.04. The summed E-state index contributed by atoms with van der Waals surface area (Å²) in [5.41, 5.74) is 6.80. The Bertz CT molecular complexity index is 84.1. The maximum absolute atomic E-state index is 9.89. The normalized spacial score (nSPS) is 13.2. The molecule has 0 aliphatic heterocycles. The summed E-state index contributed by atoms with van der Waals surface area (Å²) in [5.74, 6) is -1.09. The maximum Gasteiger partial charge on any atom is 0.130 e. The van der Waals surface area contributed by atoms with Crippen molar-refractivity contribution < 1.29 is 21.4 Å². The Labute approximate surface area is 47.5 Å². The fourth-order valence-electron chi connectivity index (χ4n) is 0.364. The van der Waals surface area contributed by atoms with Crippen LogP contribution < -0.4 is 16.6 Å². The second-order valence-corrected chi connectivity index (χ2v) is 1.66. The molecule has 0 aliphatic carbocycles. The zero-order valence-corrected chi connectivity index (χ0v) is 4.72. The van der Waals surface area contributed by atoms with Gasteiger partial charge in [0.2, 0.25) is 0 Å². The smallest absolute Gasteiger partial charge is 0.130 e. The van der Waals surface area contributed by atoms with E-state index in [9.17, 15) is 9.90 Å². The van der Waals surface area contributed by atoms with Crippen molar-refractivity contribution in [2.24, 2.45) is 0 Å². The third kappa shape index (κ3) is 2.54. The molecular formula is C4H11N2O2+. The zero-order valence-electron chi connectivity index (χ0n) is 4.72. The van der Waals surface area contributed by atoms with Crippen LogP contribution in [-0.4, -0.2) is 18.6 Å². The van der Waals surface area contributed by atoms with Crippen LogP contribution in [0.25, 0.3) is 0 Å². The number of carbonyl (C=O) groups excluding carboxylic acids is 1. The van der Waals surface area contributed by atoms with Crippen molar-refractivity contribution >= 4 is 5.97 Å². The molecule has 0 spiro atoms. The molecule has 0 radical (unpaired) electrons. The van der Waals surface area contributed by atoms with Crippen LogP contribution in [0.5, 0.6) is 0 Å². The Morgan fingerprint density at radius 2 is 2.25 bits per heavy atom. The molecule has 0 saturated carbocycles. The van der Waals surface area contributed by atoms with Crippen molar-refractivity contribution in [3.8, 4) is 0 Å². The molecule has 4 nitrogen and oxygen atoms in total. The minimum atomic E-state index is -1.09. The van der Waals surface area contributed by atoms with Crippen LogP contribution in [0.4, 0.5) is 0 Å². The molecule has 0 aliphatic rings. The molecule has 4 heteroatoms. The molecule has 8 heavy (non-hydrogen) atoms. The lowest BCUT2D eigenvalue weighted by Crippen LogP contribution is -2.70. The van der Waals surface area contributed by atoms with E-state index in [1.54, 1.807) is 0 Å². The highest BCUT2D eigenvalue weighted by Crippen LogP contribution is 1.75. The molecule has 0 heterocycles. The molecule has 0 rings (SSSR count). The van der Waals surface area contributed by atoms with Crippen molar-refractivity contribution in [1.82, 2.24) is 0 Å². The standard InChI is InChI=1S/C4H10N2O2/c5-2-1-3(6)4(7)8/h3H,1-2,5-6H2,(H,7,8)/p+1/t3-/m0/s1. The van der Waals surface area contributed by atoms with Crippen molar-refractivity contribution in [3.05, 3.63) is 0 Å². The molecule has 6 N–H and O–H groups in total. The number of aliphatic carboxylic acids is 1. The van der Waals surface area contributed by atoms with Gasteiger partial charge in [0.05, 0.1) is 18.9 Å². The van der Waals surface area contributed by atoms with Crippen LogP contribution in [0.3, 0.4) is 0 Å². The van der Waals surface area contributed by atoms with E-state index in [1.165, 1.54) is 0 Å². The largest absolute Gasteiger partial charge is 0.544 e. The van der Waals surface area contributed by atoms with Gasteiger partial charge < -0.3 is 21.4 Å². The zero-order chi connectivity index (χ0) is 6.57. The molecule has 0 bridgehead atoms. The van der Waals surface area contributed by atoms with Gasteiger partial charge in [0.15, 0.2) is 0 Å². The summed E-state index contributed by atoms with van der Waals surface area (Å²) in [6.07, 6.45) is 0.502. The Kier molecular flexibility index (Phi) is 3.14. The molecule has 0 unspecified atom stereocenters. The molecule has 1 atom stereocenters. The Hall–Kier alpha value is -0.610. The quantitative estimate of drug-likeness (QED) is 0.396. The fourth-order valence-corrected chi connectivity index (χ4v) is 0.364. The summed E-state index contributed by atoms with van der Waals surface area (Å²) in [4.78, 5) is 9.89. The Balaban J connectivity index is 3.32. The summed E-state index contributed by atoms with van der Waals surface area (Å²) in [5, 5.41) is 9.89. The summed E-state index contributed by atoms with van der Waals surface area (Å²) >= 11 is 0. The van der Waals surface area contributed by atoms with Gasteiger partial charge in [0.25, 0.3) is 0 Å². The Morgan fingerprint density at radius 1 is 1.75 bits per heavy atom. The van der Waals surface area contributed by atoms with E-state index >= 15 is 0 Å². The maximum atomic E-state index is 9.89. The average molecular weight is 119 g/mol. The van der Waals surface area contributed by atoms with Gasteiger partial charge in [-0.3, -0.25) is 0 Å². The van der Waals surface area contributed by atoms with Crippen LogP contribution in [0.1, 0.15) is 6.42 Å². The van der Waals surface area contributed by atoms with Gasteiger partial charge >= 0.3 is 0 Å². The highest BCUT2D eigenvalue weighted by molar-refractivity contribution is 5.68. The van der Waals surface area contributed by atoms with E-state index in [0.29, 0.717) is 13.0 Å². The van der Waals surface area contributed by atoms with Crippen LogP contribution in [0.2, 0.25) is 0 Å². The molecule has 0 fully saturated rings. The first-order valence-electron chi connectivity index (χ1n) is 2.51. The summed E-state index contributed by atoms with van der Waals surface area (Å²) < 4.78 is 0. The van der Waals surface area contributed by atoms with Gasteiger partial charge in [-0.05, 0) is 0 Å². The van der Waals surface area contributed by atoms with E-state index in [1.807, 2.05) is 0 Å². The first-order valence-corrected chi connectivity index (χ1v) is 2.51.